The van der Waals surface area contributed by atoms with Gasteiger partial charge in [0.1, 0.15) is 6.10 Å². The maximum Gasteiger partial charge on any atom is 0.249 e. The Morgan fingerprint density at radius 2 is 1.84 bits per heavy atom. The summed E-state index contributed by atoms with van der Waals surface area (Å²) in [5.74, 6) is -0.895. The maximum absolute atomic E-state index is 13.7. The van der Waals surface area contributed by atoms with E-state index in [1.807, 2.05) is 37.3 Å². The van der Waals surface area contributed by atoms with Gasteiger partial charge >= 0.3 is 0 Å². The van der Waals surface area contributed by atoms with Gasteiger partial charge in [-0.1, -0.05) is 63.9 Å². The molecule has 0 radical (unpaired) electrons. The molecule has 3 atom stereocenters. The first kappa shape index (κ1) is 29.2. The summed E-state index contributed by atoms with van der Waals surface area (Å²) in [6.07, 6.45) is 0.262. The van der Waals surface area contributed by atoms with E-state index in [2.05, 4.69) is 10.3 Å². The smallest absolute Gasteiger partial charge is 0.249 e. The predicted octanol–water partition coefficient (Wildman–Crippen LogP) is 3.58. The Hall–Kier alpha value is -2.37. The first-order valence-electron chi connectivity index (χ1n) is 12.7. The molecule has 202 valence electrons. The Morgan fingerprint density at radius 3 is 2.51 bits per heavy atom. The SMILES string of the molecule is CCCCCN(C[C@@H](O)[C@H](Cc1ccccc1)NC(=O)[C@@H](O)C(C)C)S(=O)(=O)c1ccc2ncsc2c1. The molecule has 3 aromatic rings. The summed E-state index contributed by atoms with van der Waals surface area (Å²) in [5, 5.41) is 24.3. The molecule has 0 unspecified atom stereocenters. The van der Waals surface area contributed by atoms with E-state index in [9.17, 15) is 23.4 Å². The van der Waals surface area contributed by atoms with Crippen molar-refractivity contribution in [3.63, 3.8) is 0 Å². The quantitative estimate of drug-likeness (QED) is 0.266. The van der Waals surface area contributed by atoms with Crippen LogP contribution in [0.5, 0.6) is 0 Å². The van der Waals surface area contributed by atoms with Crippen LogP contribution in [0.15, 0.2) is 58.9 Å². The number of hydrogen-bond acceptors (Lipinski definition) is 7. The summed E-state index contributed by atoms with van der Waals surface area (Å²) in [4.78, 5) is 17.1. The molecule has 0 bridgehead atoms. The van der Waals surface area contributed by atoms with Gasteiger partial charge in [-0.05, 0) is 42.5 Å². The van der Waals surface area contributed by atoms with Crippen LogP contribution in [-0.2, 0) is 21.2 Å². The molecule has 0 aliphatic carbocycles. The number of unbranched alkanes of at least 4 members (excludes halogenated alkanes) is 2. The number of amides is 1. The van der Waals surface area contributed by atoms with Crippen LogP contribution in [0.25, 0.3) is 10.2 Å². The highest BCUT2D eigenvalue weighted by Gasteiger charge is 2.32. The van der Waals surface area contributed by atoms with Crippen molar-refractivity contribution < 1.29 is 23.4 Å². The van der Waals surface area contributed by atoms with Crippen LogP contribution >= 0.6 is 11.3 Å². The van der Waals surface area contributed by atoms with Crippen LogP contribution in [0.3, 0.4) is 0 Å². The number of nitrogens with one attached hydrogen (secondary N) is 1. The van der Waals surface area contributed by atoms with E-state index in [0.717, 1.165) is 28.6 Å². The zero-order chi connectivity index (χ0) is 27.0. The number of aliphatic hydroxyl groups excluding tert-OH is 2. The van der Waals surface area contributed by atoms with Crippen LogP contribution < -0.4 is 5.32 Å². The number of benzene rings is 2. The van der Waals surface area contributed by atoms with Gasteiger partial charge in [0.05, 0.1) is 32.8 Å². The normalized spacial score (nSPS) is 14.7. The number of fused-ring (bicyclic) bond motifs is 1. The van der Waals surface area contributed by atoms with Crippen molar-refractivity contribution in [3.8, 4) is 0 Å². The molecule has 0 saturated carbocycles. The van der Waals surface area contributed by atoms with Gasteiger partial charge in [0.15, 0.2) is 0 Å². The highest BCUT2D eigenvalue weighted by molar-refractivity contribution is 7.89. The average molecular weight is 548 g/mol. The lowest BCUT2D eigenvalue weighted by molar-refractivity contribution is -0.133. The Morgan fingerprint density at radius 1 is 1.11 bits per heavy atom. The van der Waals surface area contributed by atoms with Crippen molar-refractivity contribution in [3.05, 3.63) is 59.6 Å². The fraction of sp³-hybridized carbons (Fsp3) is 0.481. The van der Waals surface area contributed by atoms with Crippen LogP contribution in [0.2, 0.25) is 0 Å². The molecule has 0 saturated heterocycles. The molecule has 0 spiro atoms. The van der Waals surface area contributed by atoms with Gasteiger partial charge in [-0.25, -0.2) is 13.4 Å². The number of carbonyl (C=O) groups excluding carboxylic acids is 1. The van der Waals surface area contributed by atoms with Crippen LogP contribution in [0, 0.1) is 5.92 Å². The number of carbonyl (C=O) groups is 1. The monoisotopic (exact) mass is 547 g/mol. The van der Waals surface area contributed by atoms with Gasteiger partial charge in [-0.2, -0.15) is 4.31 Å². The van der Waals surface area contributed by atoms with Gasteiger partial charge < -0.3 is 15.5 Å². The average Bonchev–Trinajstić information content (AvgIpc) is 3.35. The third kappa shape index (κ3) is 7.81. The van der Waals surface area contributed by atoms with Crippen molar-refractivity contribution in [1.82, 2.24) is 14.6 Å². The van der Waals surface area contributed by atoms with Gasteiger partial charge in [-0.3, -0.25) is 4.79 Å². The molecule has 1 amide bonds. The Bertz CT molecular complexity index is 1250. The molecule has 2 aromatic carbocycles. The minimum Gasteiger partial charge on any atom is -0.390 e. The largest absolute Gasteiger partial charge is 0.390 e. The molecule has 0 fully saturated rings. The molecule has 8 nitrogen and oxygen atoms in total. The second-order valence-corrected chi connectivity index (χ2v) is 12.4. The lowest BCUT2D eigenvalue weighted by Crippen LogP contribution is -2.53. The maximum atomic E-state index is 13.7. The summed E-state index contributed by atoms with van der Waals surface area (Å²) >= 11 is 1.37. The molecule has 3 rings (SSSR count). The van der Waals surface area contributed by atoms with E-state index >= 15 is 0 Å². The highest BCUT2D eigenvalue weighted by Crippen LogP contribution is 2.25. The van der Waals surface area contributed by atoms with E-state index in [4.69, 9.17) is 0 Å². The summed E-state index contributed by atoms with van der Waals surface area (Å²) in [7, 11) is -3.92. The molecule has 10 heteroatoms. The number of nitrogens with zero attached hydrogens (tertiary/aromatic N) is 2. The molecule has 0 aliphatic heterocycles. The van der Waals surface area contributed by atoms with Gasteiger partial charge in [0, 0.05) is 13.1 Å². The second kappa shape index (κ2) is 13.4. The first-order valence-corrected chi connectivity index (χ1v) is 15.0. The zero-order valence-corrected chi connectivity index (χ0v) is 23.2. The van der Waals surface area contributed by atoms with Gasteiger partial charge in [0.2, 0.25) is 15.9 Å². The predicted molar refractivity (Wildman–Crippen MR) is 147 cm³/mol. The van der Waals surface area contributed by atoms with Gasteiger partial charge in [0.25, 0.3) is 0 Å². The lowest BCUT2D eigenvalue weighted by Gasteiger charge is -2.30. The fourth-order valence-corrected chi connectivity index (χ4v) is 6.37. The highest BCUT2D eigenvalue weighted by atomic mass is 32.2. The van der Waals surface area contributed by atoms with Crippen LogP contribution in [-0.4, -0.2) is 65.2 Å². The van der Waals surface area contributed by atoms with E-state index in [1.165, 1.54) is 15.6 Å². The topological polar surface area (TPSA) is 120 Å². The molecular weight excluding hydrogens is 510 g/mol. The second-order valence-electron chi connectivity index (χ2n) is 9.61. The number of hydrogen-bond donors (Lipinski definition) is 3. The summed E-state index contributed by atoms with van der Waals surface area (Å²) in [6, 6.07) is 13.4. The van der Waals surface area contributed by atoms with Crippen LogP contribution in [0.4, 0.5) is 0 Å². The minimum atomic E-state index is -3.92. The fourth-order valence-electron chi connectivity index (χ4n) is 4.05. The van der Waals surface area contributed by atoms with Crippen LogP contribution in [0.1, 0.15) is 45.6 Å². The van der Waals surface area contributed by atoms with Crippen molar-refractivity contribution in [2.45, 2.75) is 69.6 Å². The molecule has 1 heterocycles. The van der Waals surface area contributed by atoms with Crippen molar-refractivity contribution >= 4 is 37.5 Å². The van der Waals surface area contributed by atoms with Gasteiger partial charge in [-0.15, -0.1) is 11.3 Å². The van der Waals surface area contributed by atoms with E-state index in [-0.39, 0.29) is 30.3 Å². The summed E-state index contributed by atoms with van der Waals surface area (Å²) in [5.41, 5.74) is 3.28. The number of aromatic nitrogens is 1. The Balaban J connectivity index is 1.88. The lowest BCUT2D eigenvalue weighted by atomic mass is 9.99. The number of thiazole rings is 1. The van der Waals surface area contributed by atoms with Crippen molar-refractivity contribution in [2.24, 2.45) is 5.92 Å². The molecule has 3 N–H and O–H groups in total. The third-order valence-electron chi connectivity index (χ3n) is 6.33. The van der Waals surface area contributed by atoms with E-state index < -0.39 is 34.2 Å². The Kier molecular flexibility index (Phi) is 10.6. The van der Waals surface area contributed by atoms with E-state index in [0.29, 0.717) is 6.42 Å². The molecular formula is C27H37N3O5S2. The van der Waals surface area contributed by atoms with Crippen molar-refractivity contribution in [2.75, 3.05) is 13.1 Å². The number of sulfonamides is 1. The molecule has 0 aliphatic rings. The molecule has 1 aromatic heterocycles. The first-order chi connectivity index (χ1) is 17.6. The van der Waals surface area contributed by atoms with E-state index in [1.54, 1.807) is 37.6 Å². The standard InChI is InChI=1S/C27H37N3O5S2/c1-4-5-9-14-30(37(34,35)21-12-13-22-25(16-21)36-18-28-22)17-24(31)23(15-20-10-7-6-8-11-20)29-27(33)26(32)19(2)3/h6-8,10-13,16,18-19,23-24,26,31-32H,4-5,9,14-15,17H2,1-3H3,(H,29,33)/t23-,24+,26-/m0/s1. The Labute approximate surface area is 223 Å². The molecule has 37 heavy (non-hydrogen) atoms. The number of aliphatic hydroxyl groups is 2. The summed E-state index contributed by atoms with van der Waals surface area (Å²) in [6.45, 7) is 5.55. The number of rotatable bonds is 14. The van der Waals surface area contributed by atoms with Crippen molar-refractivity contribution in [1.29, 1.82) is 0 Å². The third-order valence-corrected chi connectivity index (χ3v) is 8.99. The zero-order valence-electron chi connectivity index (χ0n) is 21.6. The minimum absolute atomic E-state index is 0.145. The summed E-state index contributed by atoms with van der Waals surface area (Å²) < 4.78 is 29.5.